The van der Waals surface area contributed by atoms with E-state index < -0.39 is 0 Å². The molecule has 0 spiro atoms. The van der Waals surface area contributed by atoms with E-state index in [0.717, 1.165) is 43.9 Å². The highest BCUT2D eigenvalue weighted by atomic mass is 16.3. The zero-order valence-electron chi connectivity index (χ0n) is 18.5. The van der Waals surface area contributed by atoms with Crippen molar-refractivity contribution in [2.75, 3.05) is 39.3 Å². The van der Waals surface area contributed by atoms with Crippen LogP contribution in [0.25, 0.3) is 11.3 Å². The maximum Gasteiger partial charge on any atom is 0.133 e. The summed E-state index contributed by atoms with van der Waals surface area (Å²) in [6.45, 7) is 11.5. The molecule has 2 aromatic rings. The van der Waals surface area contributed by atoms with Gasteiger partial charge in [-0.2, -0.15) is 0 Å². The minimum absolute atomic E-state index is 0.275. The summed E-state index contributed by atoms with van der Waals surface area (Å²) in [6, 6.07) is 14.4. The van der Waals surface area contributed by atoms with E-state index in [0.29, 0.717) is 18.1 Å². The molecule has 1 aromatic carbocycles. The molecule has 0 bridgehead atoms. The van der Waals surface area contributed by atoms with Crippen molar-refractivity contribution in [3.63, 3.8) is 0 Å². The molecule has 1 atom stereocenters. The predicted molar refractivity (Wildman–Crippen MR) is 121 cm³/mol. The highest BCUT2D eigenvalue weighted by Crippen LogP contribution is 2.26. The maximum atomic E-state index is 9.68. The van der Waals surface area contributed by atoms with Crippen LogP contribution in [0.1, 0.15) is 38.7 Å². The monoisotopic (exact) mass is 411 g/mol. The Labute approximate surface area is 181 Å². The van der Waals surface area contributed by atoms with Gasteiger partial charge in [0, 0.05) is 56.5 Å². The Hall–Kier alpha value is -1.66. The van der Waals surface area contributed by atoms with Gasteiger partial charge in [-0.25, -0.2) is 0 Å². The number of nitrogens with zero attached hydrogens (tertiary/aromatic N) is 3. The summed E-state index contributed by atoms with van der Waals surface area (Å²) in [5, 5.41) is 9.68. The number of piperidine rings is 1. The summed E-state index contributed by atoms with van der Waals surface area (Å²) in [5.74, 6) is 0.918. The summed E-state index contributed by atoms with van der Waals surface area (Å²) >= 11 is 0. The lowest BCUT2D eigenvalue weighted by Crippen LogP contribution is -2.58. The number of rotatable bonds is 7. The number of benzene rings is 1. The molecule has 164 valence electrons. The molecule has 5 heteroatoms. The minimum Gasteiger partial charge on any atom is -0.464 e. The van der Waals surface area contributed by atoms with Gasteiger partial charge in [0.1, 0.15) is 5.76 Å². The second-order valence-corrected chi connectivity index (χ2v) is 9.17. The Morgan fingerprint density at radius 2 is 1.80 bits per heavy atom. The van der Waals surface area contributed by atoms with Gasteiger partial charge in [-0.05, 0) is 63.9 Å². The predicted octanol–water partition coefficient (Wildman–Crippen LogP) is 3.69. The SMILES string of the molecule is CC(C)N1CCC(N2CCN(Cc3ccc(-c4ccco4)cc3)CC2CCO)CC1. The fraction of sp³-hybridized carbons (Fsp3) is 0.600. The Bertz CT molecular complexity index is 751. The molecule has 0 aliphatic carbocycles. The smallest absolute Gasteiger partial charge is 0.133 e. The first kappa shape index (κ1) is 21.6. The molecule has 2 aliphatic heterocycles. The van der Waals surface area contributed by atoms with Gasteiger partial charge < -0.3 is 14.4 Å². The third kappa shape index (κ3) is 5.14. The average molecular weight is 412 g/mol. The van der Waals surface area contributed by atoms with E-state index in [4.69, 9.17) is 4.42 Å². The first-order valence-electron chi connectivity index (χ1n) is 11.6. The molecular weight excluding hydrogens is 374 g/mol. The molecule has 0 amide bonds. The Morgan fingerprint density at radius 3 is 2.43 bits per heavy atom. The van der Waals surface area contributed by atoms with Crippen molar-refractivity contribution in [3.05, 3.63) is 48.2 Å². The largest absolute Gasteiger partial charge is 0.464 e. The highest BCUT2D eigenvalue weighted by Gasteiger charge is 2.33. The van der Waals surface area contributed by atoms with E-state index in [-0.39, 0.29) is 6.61 Å². The van der Waals surface area contributed by atoms with Crippen molar-refractivity contribution in [1.82, 2.24) is 14.7 Å². The fourth-order valence-electron chi connectivity index (χ4n) is 5.17. The van der Waals surface area contributed by atoms with Crippen molar-refractivity contribution in [3.8, 4) is 11.3 Å². The quantitative estimate of drug-likeness (QED) is 0.753. The second-order valence-electron chi connectivity index (χ2n) is 9.17. The van der Waals surface area contributed by atoms with Crippen molar-refractivity contribution in [2.45, 2.75) is 57.8 Å². The number of hydrogen-bond acceptors (Lipinski definition) is 5. The molecule has 5 nitrogen and oxygen atoms in total. The van der Waals surface area contributed by atoms with Gasteiger partial charge in [0.2, 0.25) is 0 Å². The van der Waals surface area contributed by atoms with Crippen LogP contribution in [0.4, 0.5) is 0 Å². The van der Waals surface area contributed by atoms with Crippen LogP contribution in [0.15, 0.2) is 47.1 Å². The number of piperazine rings is 1. The van der Waals surface area contributed by atoms with Gasteiger partial charge in [-0.1, -0.05) is 24.3 Å². The van der Waals surface area contributed by atoms with E-state index in [1.165, 1.54) is 31.5 Å². The van der Waals surface area contributed by atoms with Gasteiger partial charge in [0.25, 0.3) is 0 Å². The third-order valence-electron chi connectivity index (χ3n) is 6.94. The molecule has 2 fully saturated rings. The molecule has 0 radical (unpaired) electrons. The summed E-state index contributed by atoms with van der Waals surface area (Å²) in [6.07, 6.45) is 5.11. The average Bonchev–Trinajstić information content (AvgIpc) is 3.30. The Balaban J connectivity index is 1.34. The van der Waals surface area contributed by atoms with Crippen molar-refractivity contribution in [2.24, 2.45) is 0 Å². The van der Waals surface area contributed by atoms with Gasteiger partial charge >= 0.3 is 0 Å². The van der Waals surface area contributed by atoms with Crippen LogP contribution < -0.4 is 0 Å². The van der Waals surface area contributed by atoms with Crippen molar-refractivity contribution < 1.29 is 9.52 Å². The number of aliphatic hydroxyl groups excluding tert-OH is 1. The van der Waals surface area contributed by atoms with Crippen molar-refractivity contribution in [1.29, 1.82) is 0 Å². The van der Waals surface area contributed by atoms with Gasteiger partial charge in [-0.3, -0.25) is 9.80 Å². The summed E-state index contributed by atoms with van der Waals surface area (Å²) in [4.78, 5) is 7.87. The lowest BCUT2D eigenvalue weighted by atomic mass is 9.97. The van der Waals surface area contributed by atoms with Crippen molar-refractivity contribution >= 4 is 0 Å². The van der Waals surface area contributed by atoms with Crippen LogP contribution in [-0.2, 0) is 6.54 Å². The highest BCUT2D eigenvalue weighted by molar-refractivity contribution is 5.57. The zero-order chi connectivity index (χ0) is 20.9. The van der Waals surface area contributed by atoms with Gasteiger partial charge in [0.05, 0.1) is 6.26 Å². The lowest BCUT2D eigenvalue weighted by Gasteiger charge is -2.48. The molecule has 4 rings (SSSR count). The summed E-state index contributed by atoms with van der Waals surface area (Å²) < 4.78 is 5.50. The number of hydrogen-bond donors (Lipinski definition) is 1. The Morgan fingerprint density at radius 1 is 1.03 bits per heavy atom. The molecule has 2 aliphatic rings. The van der Waals surface area contributed by atoms with Crippen LogP contribution in [0.3, 0.4) is 0 Å². The topological polar surface area (TPSA) is 43.1 Å². The van der Waals surface area contributed by atoms with E-state index in [1.54, 1.807) is 6.26 Å². The van der Waals surface area contributed by atoms with Crippen LogP contribution in [0.2, 0.25) is 0 Å². The normalized spacial score (nSPS) is 22.7. The number of aliphatic hydroxyl groups is 1. The molecule has 0 saturated carbocycles. The third-order valence-corrected chi connectivity index (χ3v) is 6.94. The minimum atomic E-state index is 0.275. The fourth-order valence-corrected chi connectivity index (χ4v) is 5.17. The molecule has 3 heterocycles. The molecule has 1 unspecified atom stereocenters. The summed E-state index contributed by atoms with van der Waals surface area (Å²) in [5.41, 5.74) is 2.46. The summed E-state index contributed by atoms with van der Waals surface area (Å²) in [7, 11) is 0. The maximum absolute atomic E-state index is 9.68. The van der Waals surface area contributed by atoms with Crippen LogP contribution in [0.5, 0.6) is 0 Å². The first-order valence-corrected chi connectivity index (χ1v) is 11.6. The first-order chi connectivity index (χ1) is 14.6. The van der Waals surface area contributed by atoms with E-state index in [9.17, 15) is 5.11 Å². The van der Waals surface area contributed by atoms with E-state index in [2.05, 4.69) is 52.8 Å². The van der Waals surface area contributed by atoms with Gasteiger partial charge in [0.15, 0.2) is 0 Å². The van der Waals surface area contributed by atoms with E-state index in [1.807, 2.05) is 12.1 Å². The van der Waals surface area contributed by atoms with Crippen LogP contribution in [0, 0.1) is 0 Å². The van der Waals surface area contributed by atoms with Crippen LogP contribution >= 0.6 is 0 Å². The standard InChI is InChI=1S/C25H37N3O2/c1-20(2)27-12-9-23(10-13-27)28-15-14-26(19-24(28)11-16-29)18-21-5-7-22(8-6-21)25-4-3-17-30-25/h3-8,17,20,23-24,29H,9-16,18-19H2,1-2H3. The second kappa shape index (κ2) is 10.1. The molecule has 30 heavy (non-hydrogen) atoms. The zero-order valence-corrected chi connectivity index (χ0v) is 18.5. The Kier molecular flexibility index (Phi) is 7.26. The molecule has 2 saturated heterocycles. The lowest BCUT2D eigenvalue weighted by molar-refractivity contribution is -0.0000284. The number of likely N-dealkylation sites (tertiary alicyclic amines) is 1. The van der Waals surface area contributed by atoms with Gasteiger partial charge in [-0.15, -0.1) is 0 Å². The molecule has 1 N–H and O–H groups in total. The number of furan rings is 1. The van der Waals surface area contributed by atoms with E-state index >= 15 is 0 Å². The van der Waals surface area contributed by atoms with Crippen LogP contribution in [-0.4, -0.2) is 77.3 Å². The molecule has 1 aromatic heterocycles. The molecular formula is C25H37N3O2.